The largest absolute Gasteiger partial charge is 0.361 e. The number of hydrogen-bond donors (Lipinski definition) is 1. The van der Waals surface area contributed by atoms with Crippen LogP contribution in [0.3, 0.4) is 0 Å². The lowest BCUT2D eigenvalue weighted by Gasteiger charge is -2.12. The summed E-state index contributed by atoms with van der Waals surface area (Å²) in [6, 6.07) is 0.386. The number of nitrogens with one attached hydrogen (secondary N) is 1. The summed E-state index contributed by atoms with van der Waals surface area (Å²) in [6.45, 7) is 6.06. The maximum absolute atomic E-state index is 11.9. The molecule has 0 aromatic carbocycles. The number of aromatic nitrogens is 1. The summed E-state index contributed by atoms with van der Waals surface area (Å²) in [5, 5.41) is 7.02. The van der Waals surface area contributed by atoms with E-state index in [2.05, 4.69) is 17.4 Å². The van der Waals surface area contributed by atoms with Crippen LogP contribution in [0, 0.1) is 19.8 Å². The summed E-state index contributed by atoms with van der Waals surface area (Å²) < 4.78 is 5.09. The molecular formula is C14H22N2O2. The van der Waals surface area contributed by atoms with Crippen molar-refractivity contribution in [3.05, 3.63) is 17.0 Å². The Bertz CT molecular complexity index is 406. The van der Waals surface area contributed by atoms with Gasteiger partial charge in [-0.25, -0.2) is 0 Å². The van der Waals surface area contributed by atoms with Gasteiger partial charge in [-0.05, 0) is 45.4 Å². The molecule has 0 saturated heterocycles. The molecule has 2 unspecified atom stereocenters. The van der Waals surface area contributed by atoms with Gasteiger partial charge in [0.2, 0.25) is 5.91 Å². The van der Waals surface area contributed by atoms with Gasteiger partial charge in [-0.2, -0.15) is 0 Å². The third kappa shape index (κ3) is 3.12. The molecule has 0 radical (unpaired) electrons. The van der Waals surface area contributed by atoms with Crippen LogP contribution in [-0.4, -0.2) is 17.1 Å². The summed E-state index contributed by atoms with van der Waals surface area (Å²) in [5.41, 5.74) is 1.97. The first-order valence-electron chi connectivity index (χ1n) is 6.77. The van der Waals surface area contributed by atoms with Crippen molar-refractivity contribution >= 4 is 5.91 Å². The fraction of sp³-hybridized carbons (Fsp3) is 0.714. The molecule has 1 heterocycles. The molecule has 0 bridgehead atoms. The molecule has 0 spiro atoms. The number of hydrogen-bond acceptors (Lipinski definition) is 3. The van der Waals surface area contributed by atoms with Gasteiger partial charge < -0.3 is 9.84 Å². The van der Waals surface area contributed by atoms with Crippen LogP contribution in [0.25, 0.3) is 0 Å². The second-order valence-electron chi connectivity index (χ2n) is 5.49. The van der Waals surface area contributed by atoms with Crippen molar-refractivity contribution < 1.29 is 9.32 Å². The van der Waals surface area contributed by atoms with E-state index >= 15 is 0 Å². The zero-order valence-electron chi connectivity index (χ0n) is 11.5. The Morgan fingerprint density at radius 2 is 2.22 bits per heavy atom. The summed E-state index contributed by atoms with van der Waals surface area (Å²) in [5.74, 6) is 1.72. The van der Waals surface area contributed by atoms with Crippen molar-refractivity contribution in [3.8, 4) is 0 Å². The van der Waals surface area contributed by atoms with Crippen LogP contribution < -0.4 is 5.32 Å². The molecule has 4 heteroatoms. The van der Waals surface area contributed by atoms with E-state index in [1.54, 1.807) is 0 Å². The Balaban J connectivity index is 1.78. The Hall–Kier alpha value is -1.32. The first kappa shape index (κ1) is 13.1. The average Bonchev–Trinajstić information content (AvgIpc) is 2.84. The minimum atomic E-state index is 0.147. The quantitative estimate of drug-likeness (QED) is 0.893. The van der Waals surface area contributed by atoms with Gasteiger partial charge >= 0.3 is 0 Å². The Morgan fingerprint density at radius 1 is 1.44 bits per heavy atom. The SMILES string of the molecule is Cc1noc(C)c1CCC(=O)NC1CCC(C)C1. The fourth-order valence-corrected chi connectivity index (χ4v) is 2.74. The molecule has 1 aromatic heterocycles. The second kappa shape index (κ2) is 5.55. The smallest absolute Gasteiger partial charge is 0.220 e. The predicted molar refractivity (Wildman–Crippen MR) is 69.2 cm³/mol. The number of carbonyl (C=O) groups is 1. The van der Waals surface area contributed by atoms with E-state index in [1.807, 2.05) is 13.8 Å². The number of nitrogens with zero attached hydrogens (tertiary/aromatic N) is 1. The molecule has 4 nitrogen and oxygen atoms in total. The molecule has 2 atom stereocenters. The lowest BCUT2D eigenvalue weighted by molar-refractivity contribution is -0.121. The monoisotopic (exact) mass is 250 g/mol. The van der Waals surface area contributed by atoms with Crippen LogP contribution in [0.15, 0.2) is 4.52 Å². The highest BCUT2D eigenvalue weighted by atomic mass is 16.5. The van der Waals surface area contributed by atoms with Crippen LogP contribution in [0.2, 0.25) is 0 Å². The first-order chi connectivity index (χ1) is 8.56. The normalized spacial score (nSPS) is 23.3. The van der Waals surface area contributed by atoms with Crippen molar-refractivity contribution in [1.82, 2.24) is 10.5 Å². The van der Waals surface area contributed by atoms with Gasteiger partial charge in [0.1, 0.15) is 5.76 Å². The first-order valence-corrected chi connectivity index (χ1v) is 6.77. The molecule has 1 saturated carbocycles. The zero-order valence-corrected chi connectivity index (χ0v) is 11.5. The molecule has 1 aliphatic carbocycles. The van der Waals surface area contributed by atoms with E-state index in [0.29, 0.717) is 12.5 Å². The Morgan fingerprint density at radius 3 is 2.78 bits per heavy atom. The summed E-state index contributed by atoms with van der Waals surface area (Å²) in [4.78, 5) is 11.9. The van der Waals surface area contributed by atoms with Crippen molar-refractivity contribution in [2.24, 2.45) is 5.92 Å². The van der Waals surface area contributed by atoms with Gasteiger partial charge in [-0.15, -0.1) is 0 Å². The van der Waals surface area contributed by atoms with Crippen LogP contribution in [0.5, 0.6) is 0 Å². The van der Waals surface area contributed by atoms with Gasteiger partial charge in [-0.1, -0.05) is 12.1 Å². The Kier molecular flexibility index (Phi) is 4.04. The van der Waals surface area contributed by atoms with Crippen molar-refractivity contribution in [2.75, 3.05) is 0 Å². The third-order valence-electron chi connectivity index (χ3n) is 3.84. The topological polar surface area (TPSA) is 55.1 Å². The number of carbonyl (C=O) groups excluding carboxylic acids is 1. The summed E-state index contributed by atoms with van der Waals surface area (Å²) in [6.07, 6.45) is 4.72. The van der Waals surface area contributed by atoms with E-state index in [0.717, 1.165) is 42.2 Å². The maximum Gasteiger partial charge on any atom is 0.220 e. The molecule has 0 aliphatic heterocycles. The van der Waals surface area contributed by atoms with Crippen molar-refractivity contribution in [2.45, 2.75) is 58.9 Å². The molecule has 1 N–H and O–H groups in total. The standard InChI is InChI=1S/C14H22N2O2/c1-9-4-5-12(8-9)15-14(17)7-6-13-10(2)16-18-11(13)3/h9,12H,4-8H2,1-3H3,(H,15,17). The zero-order chi connectivity index (χ0) is 13.1. The molecule has 2 rings (SSSR count). The molecule has 1 fully saturated rings. The molecule has 1 amide bonds. The van der Waals surface area contributed by atoms with E-state index in [-0.39, 0.29) is 5.91 Å². The van der Waals surface area contributed by atoms with Crippen molar-refractivity contribution in [1.29, 1.82) is 0 Å². The highest BCUT2D eigenvalue weighted by Gasteiger charge is 2.22. The highest BCUT2D eigenvalue weighted by Crippen LogP contribution is 2.24. The van der Waals surface area contributed by atoms with E-state index in [4.69, 9.17) is 4.52 Å². The molecule has 1 aromatic rings. The van der Waals surface area contributed by atoms with Gasteiger partial charge in [0.05, 0.1) is 5.69 Å². The minimum Gasteiger partial charge on any atom is -0.361 e. The number of rotatable bonds is 4. The summed E-state index contributed by atoms with van der Waals surface area (Å²) >= 11 is 0. The van der Waals surface area contributed by atoms with Gasteiger partial charge in [-0.3, -0.25) is 4.79 Å². The Labute approximate surface area is 108 Å². The third-order valence-corrected chi connectivity index (χ3v) is 3.84. The van der Waals surface area contributed by atoms with E-state index in [1.165, 1.54) is 6.42 Å². The maximum atomic E-state index is 11.9. The predicted octanol–water partition coefficient (Wildman–Crippen LogP) is 2.53. The molecular weight excluding hydrogens is 228 g/mol. The van der Waals surface area contributed by atoms with E-state index < -0.39 is 0 Å². The fourth-order valence-electron chi connectivity index (χ4n) is 2.74. The van der Waals surface area contributed by atoms with Crippen LogP contribution in [0.1, 0.15) is 49.6 Å². The second-order valence-corrected chi connectivity index (χ2v) is 5.49. The number of amides is 1. The summed E-state index contributed by atoms with van der Waals surface area (Å²) in [7, 11) is 0. The molecule has 1 aliphatic rings. The minimum absolute atomic E-state index is 0.147. The lowest BCUT2D eigenvalue weighted by atomic mass is 10.1. The molecule has 18 heavy (non-hydrogen) atoms. The van der Waals surface area contributed by atoms with Gasteiger partial charge in [0.25, 0.3) is 0 Å². The molecule has 100 valence electrons. The van der Waals surface area contributed by atoms with Crippen molar-refractivity contribution in [3.63, 3.8) is 0 Å². The lowest BCUT2D eigenvalue weighted by Crippen LogP contribution is -2.33. The number of aryl methyl sites for hydroxylation is 2. The van der Waals surface area contributed by atoms with Gasteiger partial charge in [0, 0.05) is 18.0 Å². The van der Waals surface area contributed by atoms with Crippen LogP contribution >= 0.6 is 0 Å². The average molecular weight is 250 g/mol. The highest BCUT2D eigenvalue weighted by molar-refractivity contribution is 5.76. The van der Waals surface area contributed by atoms with Gasteiger partial charge in [0.15, 0.2) is 0 Å². The van der Waals surface area contributed by atoms with E-state index in [9.17, 15) is 4.79 Å². The van der Waals surface area contributed by atoms with Crippen LogP contribution in [-0.2, 0) is 11.2 Å². The van der Waals surface area contributed by atoms with Crippen LogP contribution in [0.4, 0.5) is 0 Å².